The van der Waals surface area contributed by atoms with E-state index in [1.165, 1.54) is 0 Å². The van der Waals surface area contributed by atoms with E-state index in [1.54, 1.807) is 6.20 Å². The molecule has 1 aliphatic rings. The second-order valence-electron chi connectivity index (χ2n) is 5.46. The van der Waals surface area contributed by atoms with Gasteiger partial charge in [-0.05, 0) is 44.9 Å². The molecular formula is C15H23N3O. The lowest BCUT2D eigenvalue weighted by molar-refractivity contribution is -0.138. The van der Waals surface area contributed by atoms with Crippen LogP contribution in [-0.2, 0) is 11.3 Å². The van der Waals surface area contributed by atoms with Crippen LogP contribution >= 0.6 is 0 Å². The summed E-state index contributed by atoms with van der Waals surface area (Å²) in [7, 11) is 0. The standard InChI is InChI=1S/C15H23N3O/c1-12(2)18(11-13-5-3-7-16-9-13)15(19)14-6-4-8-17-10-14/h3,5,7,9,12,14,17H,4,6,8,10-11H2,1-2H3. The van der Waals surface area contributed by atoms with Crippen LogP contribution in [0.5, 0.6) is 0 Å². The van der Waals surface area contributed by atoms with Crippen LogP contribution in [0.25, 0.3) is 0 Å². The highest BCUT2D eigenvalue weighted by Crippen LogP contribution is 2.17. The van der Waals surface area contributed by atoms with Gasteiger partial charge in [-0.3, -0.25) is 9.78 Å². The van der Waals surface area contributed by atoms with E-state index < -0.39 is 0 Å². The third kappa shape index (κ3) is 3.77. The van der Waals surface area contributed by atoms with E-state index in [0.29, 0.717) is 6.54 Å². The van der Waals surface area contributed by atoms with Crippen LogP contribution < -0.4 is 5.32 Å². The molecule has 0 spiro atoms. The molecule has 2 rings (SSSR count). The monoisotopic (exact) mass is 261 g/mol. The minimum Gasteiger partial charge on any atom is -0.336 e. The lowest BCUT2D eigenvalue weighted by atomic mass is 9.97. The molecule has 1 saturated heterocycles. The molecule has 0 aromatic carbocycles. The highest BCUT2D eigenvalue weighted by Gasteiger charge is 2.27. The molecule has 1 atom stereocenters. The minimum absolute atomic E-state index is 0.132. The van der Waals surface area contributed by atoms with Crippen molar-refractivity contribution in [3.63, 3.8) is 0 Å². The van der Waals surface area contributed by atoms with Crippen molar-refractivity contribution in [1.29, 1.82) is 0 Å². The lowest BCUT2D eigenvalue weighted by Gasteiger charge is -2.32. The number of pyridine rings is 1. The van der Waals surface area contributed by atoms with Crippen LogP contribution in [0, 0.1) is 5.92 Å². The molecule has 0 aliphatic carbocycles. The molecule has 2 heterocycles. The number of carbonyl (C=O) groups is 1. The maximum absolute atomic E-state index is 12.6. The zero-order chi connectivity index (χ0) is 13.7. The summed E-state index contributed by atoms with van der Waals surface area (Å²) in [6.45, 7) is 6.65. The van der Waals surface area contributed by atoms with E-state index in [0.717, 1.165) is 31.5 Å². The van der Waals surface area contributed by atoms with Crippen molar-refractivity contribution in [2.24, 2.45) is 5.92 Å². The van der Waals surface area contributed by atoms with Crippen LogP contribution in [-0.4, -0.2) is 34.9 Å². The fourth-order valence-corrected chi connectivity index (χ4v) is 2.50. The van der Waals surface area contributed by atoms with Gasteiger partial charge in [-0.15, -0.1) is 0 Å². The summed E-state index contributed by atoms with van der Waals surface area (Å²) in [6.07, 6.45) is 5.69. The molecule has 1 aromatic heterocycles. The Morgan fingerprint density at radius 1 is 1.58 bits per heavy atom. The first kappa shape index (κ1) is 14.0. The van der Waals surface area contributed by atoms with Gasteiger partial charge in [0, 0.05) is 31.5 Å². The quantitative estimate of drug-likeness (QED) is 0.899. The molecule has 1 amide bonds. The molecule has 0 bridgehead atoms. The maximum atomic E-state index is 12.6. The fraction of sp³-hybridized carbons (Fsp3) is 0.600. The summed E-state index contributed by atoms with van der Waals surface area (Å²) in [5.74, 6) is 0.402. The van der Waals surface area contributed by atoms with Gasteiger partial charge in [-0.25, -0.2) is 0 Å². The minimum atomic E-state index is 0.132. The predicted molar refractivity (Wildman–Crippen MR) is 75.5 cm³/mol. The lowest BCUT2D eigenvalue weighted by Crippen LogP contribution is -2.45. The van der Waals surface area contributed by atoms with Gasteiger partial charge in [0.2, 0.25) is 5.91 Å². The van der Waals surface area contributed by atoms with Crippen molar-refractivity contribution in [2.45, 2.75) is 39.3 Å². The molecule has 0 radical (unpaired) electrons. The Morgan fingerprint density at radius 2 is 2.42 bits per heavy atom. The molecule has 1 aromatic rings. The molecule has 1 aliphatic heterocycles. The van der Waals surface area contributed by atoms with Crippen molar-refractivity contribution in [3.8, 4) is 0 Å². The van der Waals surface area contributed by atoms with Crippen LogP contribution in [0.2, 0.25) is 0 Å². The van der Waals surface area contributed by atoms with Gasteiger partial charge < -0.3 is 10.2 Å². The van der Waals surface area contributed by atoms with E-state index in [4.69, 9.17) is 0 Å². The summed E-state index contributed by atoms with van der Waals surface area (Å²) in [5, 5.41) is 3.31. The molecule has 104 valence electrons. The van der Waals surface area contributed by atoms with E-state index in [-0.39, 0.29) is 17.9 Å². The molecule has 1 fully saturated rings. The summed E-state index contributed by atoms with van der Waals surface area (Å²) in [6, 6.07) is 4.16. The smallest absolute Gasteiger partial charge is 0.227 e. The second-order valence-corrected chi connectivity index (χ2v) is 5.46. The van der Waals surface area contributed by atoms with Gasteiger partial charge in [0.1, 0.15) is 0 Å². The number of piperidine rings is 1. The Kier molecular flexibility index (Phi) is 4.91. The SMILES string of the molecule is CC(C)N(Cc1cccnc1)C(=O)C1CCCNC1. The number of hydrogen-bond acceptors (Lipinski definition) is 3. The first-order valence-electron chi connectivity index (χ1n) is 7.08. The fourth-order valence-electron chi connectivity index (χ4n) is 2.50. The van der Waals surface area contributed by atoms with Gasteiger partial charge >= 0.3 is 0 Å². The molecule has 19 heavy (non-hydrogen) atoms. The highest BCUT2D eigenvalue weighted by molar-refractivity contribution is 5.79. The van der Waals surface area contributed by atoms with Crippen molar-refractivity contribution in [1.82, 2.24) is 15.2 Å². The first-order chi connectivity index (χ1) is 9.18. The molecular weight excluding hydrogens is 238 g/mol. The van der Waals surface area contributed by atoms with Crippen LogP contribution in [0.15, 0.2) is 24.5 Å². The van der Waals surface area contributed by atoms with Gasteiger partial charge in [-0.2, -0.15) is 0 Å². The largest absolute Gasteiger partial charge is 0.336 e. The van der Waals surface area contributed by atoms with Gasteiger partial charge in [0.15, 0.2) is 0 Å². The number of hydrogen-bond donors (Lipinski definition) is 1. The van der Waals surface area contributed by atoms with E-state index in [2.05, 4.69) is 24.1 Å². The average molecular weight is 261 g/mol. The van der Waals surface area contributed by atoms with E-state index in [1.807, 2.05) is 23.2 Å². The van der Waals surface area contributed by atoms with E-state index >= 15 is 0 Å². The molecule has 4 heteroatoms. The van der Waals surface area contributed by atoms with Crippen molar-refractivity contribution in [2.75, 3.05) is 13.1 Å². The molecule has 1 unspecified atom stereocenters. The van der Waals surface area contributed by atoms with Gasteiger partial charge in [-0.1, -0.05) is 6.07 Å². The molecule has 0 saturated carbocycles. The zero-order valence-electron chi connectivity index (χ0n) is 11.8. The Balaban J connectivity index is 2.04. The Bertz CT molecular complexity index is 399. The number of carbonyl (C=O) groups excluding carboxylic acids is 1. The number of nitrogens with one attached hydrogen (secondary N) is 1. The molecule has 4 nitrogen and oxygen atoms in total. The topological polar surface area (TPSA) is 45.2 Å². The number of rotatable bonds is 4. The first-order valence-corrected chi connectivity index (χ1v) is 7.08. The van der Waals surface area contributed by atoms with Crippen molar-refractivity contribution < 1.29 is 4.79 Å². The zero-order valence-corrected chi connectivity index (χ0v) is 11.8. The summed E-state index contributed by atoms with van der Waals surface area (Å²) in [4.78, 5) is 18.7. The third-order valence-electron chi connectivity index (χ3n) is 3.63. The summed E-state index contributed by atoms with van der Waals surface area (Å²) < 4.78 is 0. The van der Waals surface area contributed by atoms with Crippen LogP contribution in [0.1, 0.15) is 32.3 Å². The van der Waals surface area contributed by atoms with Gasteiger partial charge in [0.25, 0.3) is 0 Å². The molecule has 1 N–H and O–H groups in total. The highest BCUT2D eigenvalue weighted by atomic mass is 16.2. The summed E-state index contributed by atoms with van der Waals surface area (Å²) >= 11 is 0. The van der Waals surface area contributed by atoms with Gasteiger partial charge in [0.05, 0.1) is 5.92 Å². The Morgan fingerprint density at radius 3 is 3.00 bits per heavy atom. The third-order valence-corrected chi connectivity index (χ3v) is 3.63. The average Bonchev–Trinajstić information content (AvgIpc) is 2.46. The normalized spacial score (nSPS) is 19.4. The van der Waals surface area contributed by atoms with Crippen molar-refractivity contribution in [3.05, 3.63) is 30.1 Å². The van der Waals surface area contributed by atoms with Crippen LogP contribution in [0.3, 0.4) is 0 Å². The van der Waals surface area contributed by atoms with Crippen LogP contribution in [0.4, 0.5) is 0 Å². The number of nitrogens with zero attached hydrogens (tertiary/aromatic N) is 2. The Labute approximate surface area is 115 Å². The predicted octanol–water partition coefficient (Wildman–Crippen LogP) is 1.82. The second kappa shape index (κ2) is 6.66. The van der Waals surface area contributed by atoms with E-state index in [9.17, 15) is 4.79 Å². The Hall–Kier alpha value is -1.42. The maximum Gasteiger partial charge on any atom is 0.227 e. The summed E-state index contributed by atoms with van der Waals surface area (Å²) in [5.41, 5.74) is 1.09. The number of aromatic nitrogens is 1. The number of amides is 1. The van der Waals surface area contributed by atoms with Crippen molar-refractivity contribution >= 4 is 5.91 Å².